The van der Waals surface area contributed by atoms with Crippen LogP contribution in [0.5, 0.6) is 0 Å². The van der Waals surface area contributed by atoms with E-state index < -0.39 is 28.6 Å². The number of amides is 1. The molecule has 1 atom stereocenters. The molecule has 0 saturated carbocycles. The van der Waals surface area contributed by atoms with Crippen molar-refractivity contribution in [2.75, 3.05) is 25.0 Å². The maximum Gasteiger partial charge on any atom is 0.322 e. The van der Waals surface area contributed by atoms with Crippen LogP contribution in [0, 0.1) is 0 Å². The van der Waals surface area contributed by atoms with Gasteiger partial charge in [-0.25, -0.2) is 8.42 Å². The number of benzene rings is 2. The lowest BCUT2D eigenvalue weighted by molar-refractivity contribution is -0.153. The quantitative estimate of drug-likeness (QED) is 0.649. The van der Waals surface area contributed by atoms with Crippen LogP contribution in [-0.4, -0.2) is 50.8 Å². The molecule has 0 aromatic heterocycles. The van der Waals surface area contributed by atoms with E-state index in [9.17, 15) is 18.0 Å². The van der Waals surface area contributed by atoms with Crippen LogP contribution in [0.2, 0.25) is 5.02 Å². The molecule has 29 heavy (non-hydrogen) atoms. The number of nitrogens with zero attached hydrogens (tertiary/aromatic N) is 2. The molecular weight excluding hydrogens is 416 g/mol. The van der Waals surface area contributed by atoms with Gasteiger partial charge in [0.25, 0.3) is 5.91 Å². The van der Waals surface area contributed by atoms with E-state index in [-0.39, 0.29) is 10.8 Å². The van der Waals surface area contributed by atoms with Gasteiger partial charge < -0.3 is 9.64 Å². The van der Waals surface area contributed by atoms with Crippen molar-refractivity contribution in [1.82, 2.24) is 4.31 Å². The number of para-hydroxylation sites is 1. The molecule has 1 aliphatic rings. The van der Waals surface area contributed by atoms with Gasteiger partial charge in [-0.1, -0.05) is 29.8 Å². The van der Waals surface area contributed by atoms with Gasteiger partial charge in [0.2, 0.25) is 10.0 Å². The second-order valence-electron chi connectivity index (χ2n) is 6.72. The van der Waals surface area contributed by atoms with E-state index in [2.05, 4.69) is 0 Å². The molecule has 9 heteroatoms. The lowest BCUT2D eigenvalue weighted by Crippen LogP contribution is -2.41. The van der Waals surface area contributed by atoms with Gasteiger partial charge in [-0.05, 0) is 49.2 Å². The van der Waals surface area contributed by atoms with Crippen molar-refractivity contribution in [3.63, 3.8) is 0 Å². The van der Waals surface area contributed by atoms with E-state index in [4.69, 9.17) is 16.3 Å². The maximum absolute atomic E-state index is 12.7. The first kappa shape index (κ1) is 21.3. The zero-order valence-electron chi connectivity index (χ0n) is 16.0. The average Bonchev–Trinajstić information content (AvgIpc) is 3.11. The monoisotopic (exact) mass is 436 g/mol. The van der Waals surface area contributed by atoms with E-state index in [1.54, 1.807) is 4.90 Å². The Hall–Kier alpha value is -2.42. The Morgan fingerprint density at radius 1 is 1.17 bits per heavy atom. The van der Waals surface area contributed by atoms with Gasteiger partial charge in [0.1, 0.15) is 6.54 Å². The fourth-order valence-corrected chi connectivity index (χ4v) is 4.37. The van der Waals surface area contributed by atoms with Gasteiger partial charge >= 0.3 is 5.97 Å². The summed E-state index contributed by atoms with van der Waals surface area (Å²) in [5.74, 6) is -1.15. The van der Waals surface area contributed by atoms with E-state index in [0.717, 1.165) is 22.0 Å². The van der Waals surface area contributed by atoms with Crippen molar-refractivity contribution in [2.45, 2.75) is 24.3 Å². The first-order valence-electron chi connectivity index (χ1n) is 9.01. The Morgan fingerprint density at radius 3 is 2.52 bits per heavy atom. The number of hydrogen-bond donors (Lipinski definition) is 0. The minimum absolute atomic E-state index is 0.00926. The molecule has 0 spiro atoms. The third-order valence-electron chi connectivity index (χ3n) is 4.68. The van der Waals surface area contributed by atoms with Crippen LogP contribution in [0.4, 0.5) is 5.69 Å². The fourth-order valence-electron chi connectivity index (χ4n) is 3.12. The number of likely N-dealkylation sites (N-methyl/N-ethyl adjacent to an activating group) is 1. The largest absolute Gasteiger partial charge is 0.452 e. The van der Waals surface area contributed by atoms with Gasteiger partial charge in [0, 0.05) is 24.3 Å². The second-order valence-corrected chi connectivity index (χ2v) is 9.20. The number of carbonyl (C=O) groups excluding carboxylic acids is 2. The number of fused-ring (bicyclic) bond motifs is 1. The Labute approximate surface area is 174 Å². The van der Waals surface area contributed by atoms with E-state index in [1.165, 1.54) is 38.2 Å². The molecule has 7 nitrogen and oxygen atoms in total. The van der Waals surface area contributed by atoms with Crippen LogP contribution in [0.1, 0.15) is 12.5 Å². The maximum atomic E-state index is 12.7. The smallest absolute Gasteiger partial charge is 0.322 e. The van der Waals surface area contributed by atoms with Gasteiger partial charge in [-0.3, -0.25) is 9.59 Å². The van der Waals surface area contributed by atoms with E-state index in [0.29, 0.717) is 11.6 Å². The van der Waals surface area contributed by atoms with Gasteiger partial charge in [0.15, 0.2) is 6.10 Å². The second kappa shape index (κ2) is 8.52. The zero-order valence-corrected chi connectivity index (χ0v) is 17.6. The summed E-state index contributed by atoms with van der Waals surface area (Å²) in [5.41, 5.74) is 1.87. The summed E-state index contributed by atoms with van der Waals surface area (Å²) in [4.78, 5) is 26.5. The summed E-state index contributed by atoms with van der Waals surface area (Å²) in [6.45, 7) is 1.49. The van der Waals surface area contributed by atoms with Crippen LogP contribution in [0.3, 0.4) is 0 Å². The molecule has 1 amide bonds. The number of rotatable bonds is 6. The lowest BCUT2D eigenvalue weighted by atomic mass is 10.2. The predicted molar refractivity (Wildman–Crippen MR) is 109 cm³/mol. The number of carbonyl (C=O) groups is 2. The Morgan fingerprint density at radius 2 is 1.83 bits per heavy atom. The van der Waals surface area contributed by atoms with Crippen molar-refractivity contribution in [3.8, 4) is 0 Å². The molecule has 3 rings (SSSR count). The highest BCUT2D eigenvalue weighted by Gasteiger charge is 2.31. The standard InChI is InChI=1S/C20H21ClN2O5S/c1-14(20(25)23-12-11-15-5-3-4-6-18(15)23)28-19(24)13-22(2)29(26,27)17-9-7-16(21)8-10-17/h3-10,14H,11-13H2,1-2H3/t14-/m1/s1. The van der Waals surface area contributed by atoms with Gasteiger partial charge in [-0.15, -0.1) is 0 Å². The van der Waals surface area contributed by atoms with Crippen LogP contribution in [0.25, 0.3) is 0 Å². The molecule has 154 valence electrons. The van der Waals surface area contributed by atoms with Crippen LogP contribution in [-0.2, 0) is 30.8 Å². The van der Waals surface area contributed by atoms with Gasteiger partial charge in [0.05, 0.1) is 4.90 Å². The van der Waals surface area contributed by atoms with Crippen LogP contribution < -0.4 is 4.90 Å². The molecule has 0 unspecified atom stereocenters. The third kappa shape index (κ3) is 4.60. The SMILES string of the molecule is C[C@@H](OC(=O)CN(C)S(=O)(=O)c1ccc(Cl)cc1)C(=O)N1CCc2ccccc21. The fraction of sp³-hybridized carbons (Fsp3) is 0.300. The molecule has 2 aromatic rings. The third-order valence-corrected chi connectivity index (χ3v) is 6.75. The molecule has 2 aromatic carbocycles. The molecule has 0 radical (unpaired) electrons. The molecule has 0 aliphatic carbocycles. The van der Waals surface area contributed by atoms with Crippen molar-refractivity contribution in [3.05, 3.63) is 59.1 Å². The minimum Gasteiger partial charge on any atom is -0.452 e. The lowest BCUT2D eigenvalue weighted by Gasteiger charge is -2.23. The summed E-state index contributed by atoms with van der Waals surface area (Å²) < 4.78 is 31.2. The van der Waals surface area contributed by atoms with E-state index in [1.807, 2.05) is 24.3 Å². The first-order chi connectivity index (χ1) is 13.7. The number of hydrogen-bond acceptors (Lipinski definition) is 5. The normalized spacial score (nSPS) is 14.6. The van der Waals surface area contributed by atoms with Crippen molar-refractivity contribution >= 4 is 39.2 Å². The first-order valence-corrected chi connectivity index (χ1v) is 10.8. The highest BCUT2D eigenvalue weighted by atomic mass is 35.5. The molecule has 1 heterocycles. The Bertz CT molecular complexity index is 1020. The number of anilines is 1. The van der Waals surface area contributed by atoms with Crippen LogP contribution in [0.15, 0.2) is 53.4 Å². The van der Waals surface area contributed by atoms with E-state index >= 15 is 0 Å². The molecule has 0 N–H and O–H groups in total. The number of halogens is 1. The van der Waals surface area contributed by atoms with Gasteiger partial charge in [-0.2, -0.15) is 4.31 Å². The topological polar surface area (TPSA) is 84.0 Å². The summed E-state index contributed by atoms with van der Waals surface area (Å²) in [6, 6.07) is 13.2. The highest BCUT2D eigenvalue weighted by molar-refractivity contribution is 7.89. The Balaban J connectivity index is 1.61. The molecule has 1 aliphatic heterocycles. The number of sulfonamides is 1. The number of esters is 1. The minimum atomic E-state index is -3.88. The summed E-state index contributed by atoms with van der Waals surface area (Å²) in [5, 5.41) is 0.404. The van der Waals surface area contributed by atoms with Crippen LogP contribution >= 0.6 is 11.6 Å². The average molecular weight is 437 g/mol. The van der Waals surface area contributed by atoms with Crippen molar-refractivity contribution in [2.24, 2.45) is 0 Å². The summed E-state index contributed by atoms with van der Waals surface area (Å²) in [6.07, 6.45) is -0.287. The highest BCUT2D eigenvalue weighted by Crippen LogP contribution is 2.28. The molecule has 0 fully saturated rings. The summed E-state index contributed by atoms with van der Waals surface area (Å²) >= 11 is 5.78. The predicted octanol–water partition coefficient (Wildman–Crippen LogP) is 2.48. The molecular formula is C20H21ClN2O5S. The van der Waals surface area contributed by atoms with Crippen molar-refractivity contribution < 1.29 is 22.7 Å². The number of ether oxygens (including phenoxy) is 1. The summed E-state index contributed by atoms with van der Waals surface area (Å²) in [7, 11) is -2.61. The zero-order chi connectivity index (χ0) is 21.2. The van der Waals surface area contributed by atoms with Crippen molar-refractivity contribution in [1.29, 1.82) is 0 Å². The molecule has 0 saturated heterocycles. The Kier molecular flexibility index (Phi) is 6.26. The molecule has 0 bridgehead atoms.